The standard InChI is InChI=1S/C9H8ClN3O6/c10-7-1-4(6(2-11-7)13(18)19)8(15)12-5(3-14)9(16)17/h1-2,5,14H,3H2,(H,12,15)(H,16,17). The van der Waals surface area contributed by atoms with Gasteiger partial charge in [0.15, 0.2) is 6.04 Å². The molecule has 3 N–H and O–H groups in total. The van der Waals surface area contributed by atoms with E-state index in [2.05, 4.69) is 4.98 Å². The van der Waals surface area contributed by atoms with Gasteiger partial charge in [-0.05, 0) is 6.07 Å². The number of pyridine rings is 1. The number of amides is 1. The molecule has 0 bridgehead atoms. The number of aliphatic hydroxyl groups excluding tert-OH is 1. The number of nitrogens with zero attached hydrogens (tertiary/aromatic N) is 2. The molecule has 0 aliphatic carbocycles. The predicted octanol–water partition coefficient (Wildman–Crippen LogP) is -0.182. The van der Waals surface area contributed by atoms with Gasteiger partial charge in [-0.2, -0.15) is 0 Å². The molecule has 10 heteroatoms. The summed E-state index contributed by atoms with van der Waals surface area (Å²) in [6.45, 7) is -0.853. The summed E-state index contributed by atoms with van der Waals surface area (Å²) in [5, 5.41) is 29.9. The van der Waals surface area contributed by atoms with Crippen molar-refractivity contribution in [1.82, 2.24) is 10.3 Å². The van der Waals surface area contributed by atoms with Crippen LogP contribution in [-0.2, 0) is 4.79 Å². The van der Waals surface area contributed by atoms with Crippen LogP contribution < -0.4 is 5.32 Å². The summed E-state index contributed by atoms with van der Waals surface area (Å²) in [6.07, 6.45) is 0.784. The minimum absolute atomic E-state index is 0.161. The highest BCUT2D eigenvalue weighted by atomic mass is 35.5. The fraction of sp³-hybridized carbons (Fsp3) is 0.222. The summed E-state index contributed by atoms with van der Waals surface area (Å²) in [4.78, 5) is 35.7. The summed E-state index contributed by atoms with van der Waals surface area (Å²) in [7, 11) is 0. The average Bonchev–Trinajstić information content (AvgIpc) is 2.34. The van der Waals surface area contributed by atoms with Gasteiger partial charge >= 0.3 is 5.97 Å². The number of hydrogen-bond donors (Lipinski definition) is 3. The molecule has 1 rings (SSSR count). The number of carbonyl (C=O) groups is 2. The number of halogens is 1. The highest BCUT2D eigenvalue weighted by Gasteiger charge is 2.25. The van der Waals surface area contributed by atoms with Gasteiger partial charge in [-0.15, -0.1) is 0 Å². The van der Waals surface area contributed by atoms with E-state index in [0.717, 1.165) is 12.3 Å². The Kier molecular flexibility index (Phi) is 4.73. The van der Waals surface area contributed by atoms with Crippen LogP contribution in [0.5, 0.6) is 0 Å². The maximum absolute atomic E-state index is 11.7. The molecule has 1 heterocycles. The third kappa shape index (κ3) is 3.60. The number of nitrogens with one attached hydrogen (secondary N) is 1. The quantitative estimate of drug-likeness (QED) is 0.387. The van der Waals surface area contributed by atoms with E-state index < -0.39 is 40.7 Å². The van der Waals surface area contributed by atoms with Crippen molar-refractivity contribution < 1.29 is 24.7 Å². The van der Waals surface area contributed by atoms with Crippen molar-refractivity contribution in [2.24, 2.45) is 0 Å². The van der Waals surface area contributed by atoms with Gasteiger partial charge in [0, 0.05) is 0 Å². The molecule has 1 aromatic rings. The van der Waals surface area contributed by atoms with Crippen LogP contribution in [-0.4, -0.2) is 44.6 Å². The topological polar surface area (TPSA) is 143 Å². The van der Waals surface area contributed by atoms with Gasteiger partial charge in [0.05, 0.1) is 11.5 Å². The lowest BCUT2D eigenvalue weighted by Crippen LogP contribution is -2.43. The molecule has 1 atom stereocenters. The highest BCUT2D eigenvalue weighted by molar-refractivity contribution is 6.29. The summed E-state index contributed by atoms with van der Waals surface area (Å²) in [6, 6.07) is -0.635. The van der Waals surface area contributed by atoms with E-state index in [1.54, 1.807) is 0 Å². The molecule has 0 radical (unpaired) electrons. The molecule has 1 aromatic heterocycles. The van der Waals surface area contributed by atoms with Crippen molar-refractivity contribution in [1.29, 1.82) is 0 Å². The molecule has 0 aliphatic rings. The van der Waals surface area contributed by atoms with Crippen molar-refractivity contribution in [3.8, 4) is 0 Å². The normalized spacial score (nSPS) is 11.7. The van der Waals surface area contributed by atoms with Crippen LogP contribution in [0.25, 0.3) is 0 Å². The summed E-state index contributed by atoms with van der Waals surface area (Å²) >= 11 is 5.52. The third-order valence-corrected chi connectivity index (χ3v) is 2.28. The van der Waals surface area contributed by atoms with Gasteiger partial charge in [0.2, 0.25) is 0 Å². The van der Waals surface area contributed by atoms with Gasteiger partial charge in [-0.1, -0.05) is 11.6 Å². The Morgan fingerprint density at radius 1 is 1.58 bits per heavy atom. The van der Waals surface area contributed by atoms with Gasteiger partial charge in [0.25, 0.3) is 11.6 Å². The van der Waals surface area contributed by atoms with Crippen LogP contribution in [0.3, 0.4) is 0 Å². The Labute approximate surface area is 111 Å². The number of nitro groups is 1. The van der Waals surface area contributed by atoms with E-state index in [0.29, 0.717) is 0 Å². The fourth-order valence-corrected chi connectivity index (χ4v) is 1.33. The van der Waals surface area contributed by atoms with Crippen molar-refractivity contribution in [3.63, 3.8) is 0 Å². The first kappa shape index (κ1) is 14.8. The molecule has 0 aromatic carbocycles. The minimum Gasteiger partial charge on any atom is -0.480 e. The van der Waals surface area contributed by atoms with E-state index in [1.165, 1.54) is 0 Å². The predicted molar refractivity (Wildman–Crippen MR) is 61.9 cm³/mol. The van der Waals surface area contributed by atoms with E-state index in [1.807, 2.05) is 5.32 Å². The van der Waals surface area contributed by atoms with Crippen molar-refractivity contribution in [2.75, 3.05) is 6.61 Å². The van der Waals surface area contributed by atoms with Gasteiger partial charge in [0.1, 0.15) is 16.9 Å². The molecule has 9 nitrogen and oxygen atoms in total. The first-order valence-electron chi connectivity index (χ1n) is 4.81. The lowest BCUT2D eigenvalue weighted by Gasteiger charge is -2.11. The third-order valence-electron chi connectivity index (χ3n) is 2.08. The zero-order chi connectivity index (χ0) is 14.6. The maximum Gasteiger partial charge on any atom is 0.328 e. The van der Waals surface area contributed by atoms with Crippen LogP contribution in [0.15, 0.2) is 12.3 Å². The smallest absolute Gasteiger partial charge is 0.328 e. The fourth-order valence-electron chi connectivity index (χ4n) is 1.17. The summed E-state index contributed by atoms with van der Waals surface area (Å²) in [5.74, 6) is -2.52. The molecule has 19 heavy (non-hydrogen) atoms. The van der Waals surface area contributed by atoms with Gasteiger partial charge in [-0.3, -0.25) is 14.9 Å². The van der Waals surface area contributed by atoms with Crippen molar-refractivity contribution >= 4 is 29.2 Å². The van der Waals surface area contributed by atoms with Gasteiger partial charge < -0.3 is 15.5 Å². The number of aromatic nitrogens is 1. The molecule has 1 amide bonds. The number of rotatable bonds is 5. The van der Waals surface area contributed by atoms with Gasteiger partial charge in [-0.25, -0.2) is 9.78 Å². The molecule has 0 saturated carbocycles. The zero-order valence-corrected chi connectivity index (χ0v) is 9.99. The van der Waals surface area contributed by atoms with Crippen LogP contribution in [0.1, 0.15) is 10.4 Å². The molecule has 0 aliphatic heterocycles. The number of aliphatic carboxylic acids is 1. The molecule has 0 spiro atoms. The molecule has 1 unspecified atom stereocenters. The zero-order valence-electron chi connectivity index (χ0n) is 9.24. The monoisotopic (exact) mass is 289 g/mol. The molecular weight excluding hydrogens is 282 g/mol. The van der Waals surface area contributed by atoms with E-state index in [-0.39, 0.29) is 5.15 Å². The van der Waals surface area contributed by atoms with Crippen LogP contribution >= 0.6 is 11.6 Å². The largest absolute Gasteiger partial charge is 0.480 e. The van der Waals surface area contributed by atoms with Crippen LogP contribution in [0.4, 0.5) is 5.69 Å². The van der Waals surface area contributed by atoms with Crippen LogP contribution in [0, 0.1) is 10.1 Å². The second-order valence-corrected chi connectivity index (χ2v) is 3.72. The Morgan fingerprint density at radius 3 is 2.68 bits per heavy atom. The van der Waals surface area contributed by atoms with Crippen molar-refractivity contribution in [2.45, 2.75) is 6.04 Å². The molecular formula is C9H8ClN3O6. The Bertz CT molecular complexity index is 535. The number of carboxylic acids is 1. The summed E-state index contributed by atoms with van der Waals surface area (Å²) in [5.41, 5.74) is -1.06. The van der Waals surface area contributed by atoms with E-state index in [4.69, 9.17) is 21.8 Å². The first-order chi connectivity index (χ1) is 8.86. The SMILES string of the molecule is O=C(NC(CO)C(=O)O)c1cc(Cl)ncc1[N+](=O)[O-]. The lowest BCUT2D eigenvalue weighted by molar-refractivity contribution is -0.385. The Morgan fingerprint density at radius 2 is 2.21 bits per heavy atom. The first-order valence-corrected chi connectivity index (χ1v) is 5.19. The average molecular weight is 290 g/mol. The lowest BCUT2D eigenvalue weighted by atomic mass is 10.2. The van der Waals surface area contributed by atoms with E-state index in [9.17, 15) is 19.7 Å². The number of carboxylic acid groups (broad SMARTS) is 1. The second-order valence-electron chi connectivity index (χ2n) is 3.33. The van der Waals surface area contributed by atoms with Crippen LogP contribution in [0.2, 0.25) is 5.15 Å². The van der Waals surface area contributed by atoms with E-state index >= 15 is 0 Å². The highest BCUT2D eigenvalue weighted by Crippen LogP contribution is 2.20. The Balaban J connectivity index is 3.08. The second kappa shape index (κ2) is 6.07. The molecule has 0 saturated heterocycles. The number of carbonyl (C=O) groups excluding carboxylic acids is 1. The minimum atomic E-state index is -1.57. The maximum atomic E-state index is 11.7. The molecule has 0 fully saturated rings. The molecule has 102 valence electrons. The Hall–Kier alpha value is -2.26. The number of hydrogen-bond acceptors (Lipinski definition) is 6. The number of aliphatic hydroxyl groups is 1. The van der Waals surface area contributed by atoms with Crippen molar-refractivity contribution in [3.05, 3.63) is 33.1 Å². The summed E-state index contributed by atoms with van der Waals surface area (Å²) < 4.78 is 0.